The molecule has 13 heavy (non-hydrogen) atoms. The number of hydrogen-bond acceptors (Lipinski definition) is 2. The van der Waals surface area contributed by atoms with Gasteiger partial charge in [0.15, 0.2) is 0 Å². The van der Waals surface area contributed by atoms with Gasteiger partial charge in [-0.2, -0.15) is 0 Å². The normalized spacial score (nSPS) is 11.5. The van der Waals surface area contributed by atoms with Gasteiger partial charge in [-0.1, -0.05) is 11.6 Å². The van der Waals surface area contributed by atoms with Crippen molar-refractivity contribution in [3.63, 3.8) is 0 Å². The molecule has 1 heterocycles. The maximum absolute atomic E-state index is 6.00. The average Bonchev–Trinajstić information content (AvgIpc) is 1.96. The zero-order valence-corrected chi connectivity index (χ0v) is 10.7. The summed E-state index contributed by atoms with van der Waals surface area (Å²) < 4.78 is 6.52. The van der Waals surface area contributed by atoms with E-state index in [1.54, 1.807) is 6.20 Å². The topological polar surface area (TPSA) is 22.1 Å². The lowest BCUT2D eigenvalue weighted by atomic mass is 10.2. The molecule has 0 saturated carbocycles. The second-order valence-corrected chi connectivity index (χ2v) is 5.17. The van der Waals surface area contributed by atoms with E-state index in [9.17, 15) is 0 Å². The van der Waals surface area contributed by atoms with Crippen molar-refractivity contribution in [1.29, 1.82) is 0 Å². The van der Waals surface area contributed by atoms with Crippen molar-refractivity contribution < 1.29 is 4.74 Å². The molecule has 0 N–H and O–H groups in total. The second-order valence-electron chi connectivity index (χ2n) is 3.63. The molecule has 1 aromatic heterocycles. The largest absolute Gasteiger partial charge is 0.471 e. The van der Waals surface area contributed by atoms with Gasteiger partial charge < -0.3 is 4.74 Å². The molecule has 0 aliphatic heterocycles. The highest BCUT2D eigenvalue weighted by Crippen LogP contribution is 2.28. The minimum atomic E-state index is -0.263. The van der Waals surface area contributed by atoms with E-state index in [1.165, 1.54) is 0 Å². The molecule has 2 nitrogen and oxygen atoms in total. The molecule has 1 rings (SSSR count). The van der Waals surface area contributed by atoms with Crippen LogP contribution in [-0.4, -0.2) is 10.6 Å². The highest BCUT2D eigenvalue weighted by atomic mass is 127. The predicted octanol–water partition coefficient (Wildman–Crippen LogP) is 3.52. The van der Waals surface area contributed by atoms with Crippen LogP contribution in [0.15, 0.2) is 12.3 Å². The van der Waals surface area contributed by atoms with Crippen molar-refractivity contribution in [2.75, 3.05) is 0 Å². The summed E-state index contributed by atoms with van der Waals surface area (Å²) in [4.78, 5) is 4.07. The van der Waals surface area contributed by atoms with E-state index < -0.39 is 0 Å². The highest BCUT2D eigenvalue weighted by molar-refractivity contribution is 14.1. The average molecular weight is 312 g/mol. The first kappa shape index (κ1) is 11.0. The van der Waals surface area contributed by atoms with Crippen molar-refractivity contribution in [2.45, 2.75) is 26.4 Å². The second kappa shape index (κ2) is 4.00. The summed E-state index contributed by atoms with van der Waals surface area (Å²) in [7, 11) is 0. The molecule has 0 fully saturated rings. The molecule has 0 aliphatic carbocycles. The van der Waals surface area contributed by atoms with Gasteiger partial charge in [-0.3, -0.25) is 0 Å². The third-order valence-electron chi connectivity index (χ3n) is 1.21. The van der Waals surface area contributed by atoms with Crippen molar-refractivity contribution in [3.05, 3.63) is 20.9 Å². The smallest absolute Gasteiger partial charge is 0.234 e. The summed E-state index contributed by atoms with van der Waals surface area (Å²) in [5, 5.41) is 0.582. The first-order chi connectivity index (χ1) is 5.90. The van der Waals surface area contributed by atoms with Gasteiger partial charge in [-0.05, 0) is 49.4 Å². The molecule has 0 bridgehead atoms. The number of aromatic nitrogens is 1. The van der Waals surface area contributed by atoms with E-state index in [1.807, 2.05) is 26.8 Å². The number of rotatable bonds is 1. The molecule has 72 valence electrons. The van der Waals surface area contributed by atoms with Crippen LogP contribution in [0.25, 0.3) is 0 Å². The zero-order chi connectivity index (χ0) is 10.1. The summed E-state index contributed by atoms with van der Waals surface area (Å²) >= 11 is 8.15. The molecule has 1 aromatic rings. The number of ether oxygens (including phenoxy) is 1. The highest BCUT2D eigenvalue weighted by Gasteiger charge is 2.16. The number of pyridine rings is 1. The van der Waals surface area contributed by atoms with Crippen LogP contribution in [0.3, 0.4) is 0 Å². The summed E-state index contributed by atoms with van der Waals surface area (Å²) in [5.41, 5.74) is -0.263. The maximum atomic E-state index is 6.00. The fourth-order valence-electron chi connectivity index (χ4n) is 0.764. The molecule has 0 unspecified atom stereocenters. The zero-order valence-electron chi connectivity index (χ0n) is 7.77. The van der Waals surface area contributed by atoms with Crippen LogP contribution in [-0.2, 0) is 0 Å². The van der Waals surface area contributed by atoms with Crippen LogP contribution >= 0.6 is 34.2 Å². The SMILES string of the molecule is CC(C)(C)Oc1nccc(I)c1Cl. The summed E-state index contributed by atoms with van der Waals surface area (Å²) in [6, 6.07) is 1.85. The lowest BCUT2D eigenvalue weighted by Crippen LogP contribution is -2.23. The minimum Gasteiger partial charge on any atom is -0.471 e. The summed E-state index contributed by atoms with van der Waals surface area (Å²) in [5.74, 6) is 0.501. The van der Waals surface area contributed by atoms with E-state index in [-0.39, 0.29) is 5.60 Å². The van der Waals surface area contributed by atoms with E-state index in [0.717, 1.165) is 3.57 Å². The molecular formula is C9H11ClINO. The lowest BCUT2D eigenvalue weighted by molar-refractivity contribution is 0.124. The van der Waals surface area contributed by atoms with Gasteiger partial charge in [0.1, 0.15) is 10.6 Å². The van der Waals surface area contributed by atoms with Gasteiger partial charge >= 0.3 is 0 Å². The van der Waals surface area contributed by atoms with Gasteiger partial charge in [0.05, 0.1) is 0 Å². The van der Waals surface area contributed by atoms with Crippen molar-refractivity contribution in [3.8, 4) is 5.88 Å². The van der Waals surface area contributed by atoms with E-state index in [4.69, 9.17) is 16.3 Å². The molecule has 4 heteroatoms. The third kappa shape index (κ3) is 3.31. The Bertz CT molecular complexity index is 309. The Morgan fingerprint density at radius 1 is 1.46 bits per heavy atom. The molecule has 0 aromatic carbocycles. The first-order valence-corrected chi connectivity index (χ1v) is 5.35. The molecule has 0 spiro atoms. The quantitative estimate of drug-likeness (QED) is 0.740. The summed E-state index contributed by atoms with van der Waals surface area (Å²) in [6.07, 6.45) is 1.69. The number of nitrogens with zero attached hydrogens (tertiary/aromatic N) is 1. The van der Waals surface area contributed by atoms with Gasteiger partial charge in [0.25, 0.3) is 0 Å². The Morgan fingerprint density at radius 2 is 2.08 bits per heavy atom. The minimum absolute atomic E-state index is 0.263. The Kier molecular flexibility index (Phi) is 3.40. The molecule has 0 atom stereocenters. The Morgan fingerprint density at radius 3 is 2.62 bits per heavy atom. The Balaban J connectivity index is 2.96. The van der Waals surface area contributed by atoms with Gasteiger partial charge in [0, 0.05) is 9.77 Å². The molecular weight excluding hydrogens is 300 g/mol. The van der Waals surface area contributed by atoms with Gasteiger partial charge in [-0.25, -0.2) is 4.98 Å². The molecule has 0 radical (unpaired) electrons. The third-order valence-corrected chi connectivity index (χ3v) is 2.80. The van der Waals surface area contributed by atoms with Crippen LogP contribution in [0, 0.1) is 3.57 Å². The molecule has 0 saturated heterocycles. The molecule has 0 aliphatic rings. The van der Waals surface area contributed by atoms with E-state index in [2.05, 4.69) is 27.6 Å². The fraction of sp³-hybridized carbons (Fsp3) is 0.444. The summed E-state index contributed by atoms with van der Waals surface area (Å²) in [6.45, 7) is 5.89. The fourth-order valence-corrected chi connectivity index (χ4v) is 1.31. The maximum Gasteiger partial charge on any atom is 0.234 e. The first-order valence-electron chi connectivity index (χ1n) is 3.89. The monoisotopic (exact) mass is 311 g/mol. The van der Waals surface area contributed by atoms with E-state index >= 15 is 0 Å². The van der Waals surface area contributed by atoms with Gasteiger partial charge in [0.2, 0.25) is 5.88 Å². The Hall–Kier alpha value is -0.0300. The predicted molar refractivity (Wildman–Crippen MR) is 62.3 cm³/mol. The standard InChI is InChI=1S/C9H11ClINO/c1-9(2,3)13-8-7(10)6(11)4-5-12-8/h4-5H,1-3H3. The molecule has 0 amide bonds. The number of halogens is 2. The lowest BCUT2D eigenvalue weighted by Gasteiger charge is -2.21. The van der Waals surface area contributed by atoms with Crippen molar-refractivity contribution in [1.82, 2.24) is 4.98 Å². The van der Waals surface area contributed by atoms with Crippen LogP contribution in [0.4, 0.5) is 0 Å². The van der Waals surface area contributed by atoms with E-state index in [0.29, 0.717) is 10.9 Å². The van der Waals surface area contributed by atoms with Crippen LogP contribution < -0.4 is 4.74 Å². The van der Waals surface area contributed by atoms with Crippen molar-refractivity contribution in [2.24, 2.45) is 0 Å². The van der Waals surface area contributed by atoms with Crippen LogP contribution in [0.2, 0.25) is 5.02 Å². The van der Waals surface area contributed by atoms with Crippen LogP contribution in [0.1, 0.15) is 20.8 Å². The number of hydrogen-bond donors (Lipinski definition) is 0. The van der Waals surface area contributed by atoms with Gasteiger partial charge in [-0.15, -0.1) is 0 Å². The van der Waals surface area contributed by atoms with Crippen molar-refractivity contribution >= 4 is 34.2 Å². The Labute approximate surface area is 96.8 Å². The van der Waals surface area contributed by atoms with Crippen LogP contribution in [0.5, 0.6) is 5.88 Å².